The van der Waals surface area contributed by atoms with E-state index < -0.39 is 0 Å². The zero-order chi connectivity index (χ0) is 18.1. The molecule has 4 rings (SSSR count). The van der Waals surface area contributed by atoms with Crippen LogP contribution in [0.2, 0.25) is 0 Å². The van der Waals surface area contributed by atoms with Gasteiger partial charge in [-0.3, -0.25) is 0 Å². The third kappa shape index (κ3) is 2.63. The number of hydrogen-bond donors (Lipinski definition) is 1. The molecule has 6 heteroatoms. The Morgan fingerprint density at radius 1 is 1.04 bits per heavy atom. The molecule has 3 aromatic rings. The fourth-order valence-electron chi connectivity index (χ4n) is 3.32. The fraction of sp³-hybridized carbons (Fsp3) is 0.250. The van der Waals surface area contributed by atoms with Gasteiger partial charge in [0.15, 0.2) is 11.5 Å². The first-order valence-corrected chi connectivity index (χ1v) is 8.33. The molecular weight excluding hydrogens is 332 g/mol. The van der Waals surface area contributed by atoms with E-state index in [0.29, 0.717) is 17.2 Å². The number of hydrazone groups is 1. The van der Waals surface area contributed by atoms with Crippen molar-refractivity contribution in [1.29, 1.82) is 0 Å². The first-order valence-electron chi connectivity index (χ1n) is 8.33. The standard InChI is InChI=1S/C20H20N2O4/c1-23-18-8-12(9-19(24-2)20(18)25-3)15-10-16(22-21-15)14-11-26-17-7-5-4-6-13(14)17/h4-9,11,16,22H,10H2,1-3H3. The second-order valence-corrected chi connectivity index (χ2v) is 6.05. The number of ether oxygens (including phenoxy) is 3. The molecular formula is C20H20N2O4. The Hall–Kier alpha value is -3.15. The maximum atomic E-state index is 5.66. The number of furan rings is 1. The number of rotatable bonds is 5. The lowest BCUT2D eigenvalue weighted by Gasteiger charge is -2.14. The van der Waals surface area contributed by atoms with Crippen molar-refractivity contribution in [2.24, 2.45) is 5.10 Å². The third-order valence-electron chi connectivity index (χ3n) is 4.64. The fourth-order valence-corrected chi connectivity index (χ4v) is 3.32. The first kappa shape index (κ1) is 16.3. The van der Waals surface area contributed by atoms with Gasteiger partial charge >= 0.3 is 0 Å². The Balaban J connectivity index is 1.64. The molecule has 1 atom stereocenters. The van der Waals surface area contributed by atoms with Crippen LogP contribution in [0.3, 0.4) is 0 Å². The Morgan fingerprint density at radius 2 is 1.77 bits per heavy atom. The van der Waals surface area contributed by atoms with Crippen molar-refractivity contribution < 1.29 is 18.6 Å². The lowest BCUT2D eigenvalue weighted by Crippen LogP contribution is -2.09. The van der Waals surface area contributed by atoms with Crippen LogP contribution >= 0.6 is 0 Å². The zero-order valence-corrected chi connectivity index (χ0v) is 14.9. The van der Waals surface area contributed by atoms with Crippen molar-refractivity contribution in [2.45, 2.75) is 12.5 Å². The van der Waals surface area contributed by atoms with E-state index in [1.54, 1.807) is 27.6 Å². The quantitative estimate of drug-likeness (QED) is 0.754. The summed E-state index contributed by atoms with van der Waals surface area (Å²) in [5, 5.41) is 5.63. The lowest BCUT2D eigenvalue weighted by molar-refractivity contribution is 0.324. The van der Waals surface area contributed by atoms with E-state index in [1.165, 1.54) is 0 Å². The van der Waals surface area contributed by atoms with Crippen molar-refractivity contribution in [3.05, 3.63) is 53.8 Å². The van der Waals surface area contributed by atoms with Crippen molar-refractivity contribution in [3.63, 3.8) is 0 Å². The molecule has 6 nitrogen and oxygen atoms in total. The summed E-state index contributed by atoms with van der Waals surface area (Å²) < 4.78 is 21.9. The number of hydrogen-bond acceptors (Lipinski definition) is 6. The molecule has 134 valence electrons. The first-order chi connectivity index (χ1) is 12.7. The smallest absolute Gasteiger partial charge is 0.203 e. The number of nitrogens with one attached hydrogen (secondary N) is 1. The Labute approximate surface area is 151 Å². The van der Waals surface area contributed by atoms with E-state index in [1.807, 2.05) is 30.3 Å². The molecule has 26 heavy (non-hydrogen) atoms. The summed E-state index contributed by atoms with van der Waals surface area (Å²) in [5.74, 6) is 1.80. The molecule has 0 fully saturated rings. The van der Waals surface area contributed by atoms with Gasteiger partial charge in [0.2, 0.25) is 5.75 Å². The van der Waals surface area contributed by atoms with Crippen LogP contribution in [-0.4, -0.2) is 27.0 Å². The SMILES string of the molecule is COc1cc(C2=NNC(c3coc4ccccc34)C2)cc(OC)c1OC. The number of methoxy groups -OCH3 is 3. The topological polar surface area (TPSA) is 65.2 Å². The van der Waals surface area contributed by atoms with E-state index in [9.17, 15) is 0 Å². The van der Waals surface area contributed by atoms with Crippen LogP contribution in [-0.2, 0) is 0 Å². The van der Waals surface area contributed by atoms with Crippen LogP contribution in [0.25, 0.3) is 11.0 Å². The molecule has 0 amide bonds. The van der Waals surface area contributed by atoms with Crippen molar-refractivity contribution in [3.8, 4) is 17.2 Å². The van der Waals surface area contributed by atoms with Crippen molar-refractivity contribution in [1.82, 2.24) is 5.43 Å². The molecule has 0 bridgehead atoms. The van der Waals surface area contributed by atoms with Gasteiger partial charge < -0.3 is 24.1 Å². The van der Waals surface area contributed by atoms with Crippen LogP contribution in [0, 0.1) is 0 Å². The molecule has 0 spiro atoms. The highest BCUT2D eigenvalue weighted by atomic mass is 16.5. The average molecular weight is 352 g/mol. The van der Waals surface area contributed by atoms with Gasteiger partial charge in [-0.1, -0.05) is 18.2 Å². The van der Waals surface area contributed by atoms with Gasteiger partial charge in [-0.15, -0.1) is 0 Å². The third-order valence-corrected chi connectivity index (χ3v) is 4.64. The van der Waals surface area contributed by atoms with E-state index in [4.69, 9.17) is 18.6 Å². The minimum atomic E-state index is 0.0627. The number of para-hydroxylation sites is 1. The van der Waals surface area contributed by atoms with Gasteiger partial charge in [0.05, 0.1) is 39.3 Å². The molecule has 1 N–H and O–H groups in total. The monoisotopic (exact) mass is 352 g/mol. The largest absolute Gasteiger partial charge is 0.493 e. The van der Waals surface area contributed by atoms with Crippen LogP contribution in [0.1, 0.15) is 23.6 Å². The average Bonchev–Trinajstić information content (AvgIpc) is 3.33. The lowest BCUT2D eigenvalue weighted by atomic mass is 9.98. The summed E-state index contributed by atoms with van der Waals surface area (Å²) in [6, 6.07) is 11.9. The minimum absolute atomic E-state index is 0.0627. The normalized spacial score (nSPS) is 16.3. The second kappa shape index (κ2) is 6.63. The van der Waals surface area contributed by atoms with E-state index in [2.05, 4.69) is 16.6 Å². The highest BCUT2D eigenvalue weighted by Crippen LogP contribution is 2.40. The highest BCUT2D eigenvalue weighted by Gasteiger charge is 2.26. The molecule has 1 aliphatic rings. The second-order valence-electron chi connectivity index (χ2n) is 6.05. The number of nitrogens with zero attached hydrogens (tertiary/aromatic N) is 1. The van der Waals surface area contributed by atoms with E-state index >= 15 is 0 Å². The van der Waals surface area contributed by atoms with Gasteiger partial charge in [0.25, 0.3) is 0 Å². The summed E-state index contributed by atoms with van der Waals surface area (Å²) >= 11 is 0. The highest BCUT2D eigenvalue weighted by molar-refractivity contribution is 6.03. The summed E-state index contributed by atoms with van der Waals surface area (Å²) in [6.07, 6.45) is 2.54. The van der Waals surface area contributed by atoms with Crippen LogP contribution in [0.15, 0.2) is 52.2 Å². The number of benzene rings is 2. The molecule has 2 heterocycles. The summed E-state index contributed by atoms with van der Waals surface area (Å²) in [7, 11) is 4.81. The van der Waals surface area contributed by atoms with Crippen LogP contribution in [0.4, 0.5) is 0 Å². The van der Waals surface area contributed by atoms with Gasteiger partial charge in [-0.05, 0) is 18.2 Å². The van der Waals surface area contributed by atoms with E-state index in [0.717, 1.165) is 34.2 Å². The summed E-state index contributed by atoms with van der Waals surface area (Å²) in [5.41, 5.74) is 7.06. The van der Waals surface area contributed by atoms with E-state index in [-0.39, 0.29) is 6.04 Å². The minimum Gasteiger partial charge on any atom is -0.493 e. The van der Waals surface area contributed by atoms with Gasteiger partial charge in [0.1, 0.15) is 5.58 Å². The molecule has 1 aliphatic heterocycles. The maximum Gasteiger partial charge on any atom is 0.203 e. The molecule has 0 saturated carbocycles. The summed E-state index contributed by atoms with van der Waals surface area (Å²) in [4.78, 5) is 0. The molecule has 0 aliphatic carbocycles. The molecule has 1 unspecified atom stereocenters. The molecule has 0 saturated heterocycles. The van der Waals surface area contributed by atoms with Gasteiger partial charge in [-0.2, -0.15) is 5.10 Å². The summed E-state index contributed by atoms with van der Waals surface area (Å²) in [6.45, 7) is 0. The Morgan fingerprint density at radius 3 is 2.46 bits per heavy atom. The Kier molecular flexibility index (Phi) is 4.16. The number of fused-ring (bicyclic) bond motifs is 1. The van der Waals surface area contributed by atoms with Crippen molar-refractivity contribution >= 4 is 16.7 Å². The van der Waals surface area contributed by atoms with Crippen LogP contribution < -0.4 is 19.6 Å². The maximum absolute atomic E-state index is 5.66. The Bertz CT molecular complexity index is 952. The predicted octanol–water partition coefficient (Wildman–Crippen LogP) is 3.90. The zero-order valence-electron chi connectivity index (χ0n) is 14.9. The van der Waals surface area contributed by atoms with Crippen LogP contribution in [0.5, 0.6) is 17.2 Å². The molecule has 0 radical (unpaired) electrons. The predicted molar refractivity (Wildman–Crippen MR) is 99.3 cm³/mol. The van der Waals surface area contributed by atoms with Crippen molar-refractivity contribution in [2.75, 3.05) is 21.3 Å². The van der Waals surface area contributed by atoms with Gasteiger partial charge in [0, 0.05) is 22.9 Å². The molecule has 1 aromatic heterocycles. The van der Waals surface area contributed by atoms with Gasteiger partial charge in [-0.25, -0.2) is 0 Å². The molecule has 2 aromatic carbocycles.